The lowest BCUT2D eigenvalue weighted by Crippen LogP contribution is -2.07. The third kappa shape index (κ3) is 3.89. The van der Waals surface area contributed by atoms with Crippen molar-refractivity contribution in [1.82, 2.24) is 10.2 Å². The lowest BCUT2D eigenvalue weighted by atomic mass is 10.2. The quantitative estimate of drug-likeness (QED) is 0.671. The van der Waals surface area contributed by atoms with Crippen LogP contribution in [0.4, 0.5) is 5.69 Å². The van der Waals surface area contributed by atoms with E-state index in [1.54, 1.807) is 12.3 Å². The second kappa shape index (κ2) is 7.40. The first-order valence-corrected chi connectivity index (χ1v) is 8.07. The van der Waals surface area contributed by atoms with E-state index in [-0.39, 0.29) is 6.04 Å². The molecule has 24 heavy (non-hydrogen) atoms. The van der Waals surface area contributed by atoms with E-state index < -0.39 is 0 Å². The average Bonchev–Trinajstić information content (AvgIpc) is 3.25. The predicted octanol–water partition coefficient (Wildman–Crippen LogP) is 4.63. The van der Waals surface area contributed by atoms with Crippen LogP contribution in [0.1, 0.15) is 37.4 Å². The van der Waals surface area contributed by atoms with Gasteiger partial charge in [-0.3, -0.25) is 0 Å². The maximum atomic E-state index is 6.28. The number of hydrogen-bond acceptors (Lipinski definition) is 6. The molecule has 0 saturated carbocycles. The Labute approximate surface area is 144 Å². The zero-order valence-corrected chi connectivity index (χ0v) is 14.2. The number of benzene rings is 1. The van der Waals surface area contributed by atoms with E-state index in [0.29, 0.717) is 35.6 Å². The van der Waals surface area contributed by atoms with Crippen molar-refractivity contribution in [2.24, 2.45) is 0 Å². The van der Waals surface area contributed by atoms with E-state index in [1.807, 2.05) is 38.1 Å². The molecule has 1 atom stereocenters. The number of rotatable bonds is 7. The average molecular weight is 348 g/mol. The minimum absolute atomic E-state index is 0.122. The van der Waals surface area contributed by atoms with Crippen molar-refractivity contribution in [1.29, 1.82) is 0 Å². The number of hydrogen-bond donors (Lipinski definition) is 1. The summed E-state index contributed by atoms with van der Waals surface area (Å²) < 4.78 is 16.4. The van der Waals surface area contributed by atoms with Gasteiger partial charge in [-0.2, -0.15) is 0 Å². The molecule has 126 valence electrons. The molecule has 3 aromatic rings. The van der Waals surface area contributed by atoms with Crippen molar-refractivity contribution in [3.05, 3.63) is 59.2 Å². The molecule has 0 radical (unpaired) electrons. The topological polar surface area (TPSA) is 73.3 Å². The van der Waals surface area contributed by atoms with Crippen LogP contribution in [0.2, 0.25) is 5.02 Å². The van der Waals surface area contributed by atoms with Crippen LogP contribution in [0, 0.1) is 0 Å². The molecular weight excluding hydrogens is 330 g/mol. The summed E-state index contributed by atoms with van der Waals surface area (Å²) in [6.45, 7) is 4.25. The van der Waals surface area contributed by atoms with Crippen LogP contribution in [0.5, 0.6) is 5.75 Å². The zero-order chi connectivity index (χ0) is 16.9. The molecule has 0 aliphatic rings. The molecule has 0 aliphatic heterocycles. The Balaban J connectivity index is 1.63. The highest BCUT2D eigenvalue weighted by Crippen LogP contribution is 2.30. The van der Waals surface area contributed by atoms with E-state index in [0.717, 1.165) is 11.4 Å². The molecule has 0 unspecified atom stereocenters. The SMILES string of the molecule is CCc1nnc([C@H](C)Nc2ccc(OCc3ccco3)c(Cl)c2)o1. The van der Waals surface area contributed by atoms with E-state index in [2.05, 4.69) is 15.5 Å². The molecule has 1 aromatic carbocycles. The first-order valence-electron chi connectivity index (χ1n) is 7.69. The van der Waals surface area contributed by atoms with Gasteiger partial charge in [-0.1, -0.05) is 18.5 Å². The Kier molecular flexibility index (Phi) is 5.05. The van der Waals surface area contributed by atoms with Crippen LogP contribution >= 0.6 is 11.6 Å². The first kappa shape index (κ1) is 16.4. The molecule has 0 amide bonds. The third-order valence-electron chi connectivity index (χ3n) is 3.42. The Morgan fingerprint density at radius 1 is 1.29 bits per heavy atom. The highest BCUT2D eigenvalue weighted by atomic mass is 35.5. The van der Waals surface area contributed by atoms with E-state index in [9.17, 15) is 0 Å². The third-order valence-corrected chi connectivity index (χ3v) is 3.72. The second-order valence-corrected chi connectivity index (χ2v) is 5.67. The van der Waals surface area contributed by atoms with Gasteiger partial charge in [0, 0.05) is 12.1 Å². The number of ether oxygens (including phenoxy) is 1. The van der Waals surface area contributed by atoms with Gasteiger partial charge in [0.2, 0.25) is 11.8 Å². The number of nitrogens with one attached hydrogen (secondary N) is 1. The summed E-state index contributed by atoms with van der Waals surface area (Å²) in [5.74, 6) is 2.50. The first-order chi connectivity index (χ1) is 11.7. The Morgan fingerprint density at radius 3 is 2.83 bits per heavy atom. The Hall–Kier alpha value is -2.47. The van der Waals surface area contributed by atoms with Gasteiger partial charge in [-0.05, 0) is 37.3 Å². The summed E-state index contributed by atoms with van der Waals surface area (Å²) in [4.78, 5) is 0. The largest absolute Gasteiger partial charge is 0.484 e. The minimum Gasteiger partial charge on any atom is -0.484 e. The molecule has 3 rings (SSSR count). The van der Waals surface area contributed by atoms with Crippen LogP contribution in [-0.2, 0) is 13.0 Å². The summed E-state index contributed by atoms with van der Waals surface area (Å²) in [6, 6.07) is 9.04. The molecule has 0 bridgehead atoms. The summed E-state index contributed by atoms with van der Waals surface area (Å²) in [5, 5.41) is 11.8. The van der Waals surface area contributed by atoms with Gasteiger partial charge in [-0.25, -0.2) is 0 Å². The standard InChI is InChI=1S/C17H18ClN3O3/c1-3-16-20-21-17(24-16)11(2)19-12-6-7-15(14(18)9-12)23-10-13-5-4-8-22-13/h4-9,11,19H,3,10H2,1-2H3/t11-/m0/s1. The molecule has 0 fully saturated rings. The van der Waals surface area contributed by atoms with Crippen molar-refractivity contribution in [3.8, 4) is 5.75 Å². The molecule has 2 aromatic heterocycles. The molecule has 1 N–H and O–H groups in total. The van der Waals surface area contributed by atoms with Crippen molar-refractivity contribution in [2.45, 2.75) is 32.9 Å². The number of halogens is 1. The van der Waals surface area contributed by atoms with Gasteiger partial charge in [0.1, 0.15) is 24.2 Å². The van der Waals surface area contributed by atoms with Gasteiger partial charge >= 0.3 is 0 Å². The smallest absolute Gasteiger partial charge is 0.238 e. The normalized spacial score (nSPS) is 12.1. The number of aryl methyl sites for hydroxylation is 1. The molecule has 0 aliphatic carbocycles. The Bertz CT molecular complexity index is 786. The van der Waals surface area contributed by atoms with Crippen molar-refractivity contribution < 1.29 is 13.6 Å². The fourth-order valence-corrected chi connectivity index (χ4v) is 2.38. The van der Waals surface area contributed by atoms with Crippen LogP contribution in [0.25, 0.3) is 0 Å². The number of furan rings is 1. The molecular formula is C17H18ClN3O3. The van der Waals surface area contributed by atoms with Gasteiger partial charge in [0.15, 0.2) is 0 Å². The molecule has 6 nitrogen and oxygen atoms in total. The fraction of sp³-hybridized carbons (Fsp3) is 0.294. The number of anilines is 1. The van der Waals surface area contributed by atoms with Crippen LogP contribution in [0.15, 0.2) is 45.4 Å². The maximum Gasteiger partial charge on any atom is 0.238 e. The summed E-state index contributed by atoms with van der Waals surface area (Å²) in [6.07, 6.45) is 2.32. The molecule has 0 saturated heterocycles. The Morgan fingerprint density at radius 2 is 2.17 bits per heavy atom. The minimum atomic E-state index is -0.122. The maximum absolute atomic E-state index is 6.28. The van der Waals surface area contributed by atoms with Crippen molar-refractivity contribution in [3.63, 3.8) is 0 Å². The van der Waals surface area contributed by atoms with Gasteiger partial charge < -0.3 is 18.9 Å². The number of aromatic nitrogens is 2. The molecule has 0 spiro atoms. The van der Waals surface area contributed by atoms with Gasteiger partial charge in [-0.15, -0.1) is 10.2 Å². The monoisotopic (exact) mass is 347 g/mol. The highest BCUT2D eigenvalue weighted by molar-refractivity contribution is 6.32. The summed E-state index contributed by atoms with van der Waals surface area (Å²) >= 11 is 6.28. The van der Waals surface area contributed by atoms with Crippen LogP contribution in [-0.4, -0.2) is 10.2 Å². The van der Waals surface area contributed by atoms with E-state index in [4.69, 9.17) is 25.2 Å². The zero-order valence-electron chi connectivity index (χ0n) is 13.5. The lowest BCUT2D eigenvalue weighted by molar-refractivity contribution is 0.270. The molecule has 7 heteroatoms. The van der Waals surface area contributed by atoms with Crippen molar-refractivity contribution >= 4 is 17.3 Å². The van der Waals surface area contributed by atoms with Gasteiger partial charge in [0.25, 0.3) is 0 Å². The second-order valence-electron chi connectivity index (χ2n) is 5.27. The number of nitrogens with zero attached hydrogens (tertiary/aromatic N) is 2. The predicted molar refractivity (Wildman–Crippen MR) is 90.2 cm³/mol. The van der Waals surface area contributed by atoms with Gasteiger partial charge in [0.05, 0.1) is 11.3 Å². The molecule has 2 heterocycles. The summed E-state index contributed by atoms with van der Waals surface area (Å²) in [5.41, 5.74) is 0.842. The van der Waals surface area contributed by atoms with Crippen LogP contribution in [0.3, 0.4) is 0 Å². The van der Waals surface area contributed by atoms with Crippen molar-refractivity contribution in [2.75, 3.05) is 5.32 Å². The van der Waals surface area contributed by atoms with Crippen LogP contribution < -0.4 is 10.1 Å². The highest BCUT2D eigenvalue weighted by Gasteiger charge is 2.14. The fourth-order valence-electron chi connectivity index (χ4n) is 2.15. The van der Waals surface area contributed by atoms with E-state index >= 15 is 0 Å². The lowest BCUT2D eigenvalue weighted by Gasteiger charge is -2.13. The summed E-state index contributed by atoms with van der Waals surface area (Å²) in [7, 11) is 0. The van der Waals surface area contributed by atoms with E-state index in [1.165, 1.54) is 0 Å².